The van der Waals surface area contributed by atoms with E-state index in [2.05, 4.69) is 26.0 Å². The van der Waals surface area contributed by atoms with Crippen LogP contribution in [0.15, 0.2) is 23.3 Å². The molecule has 0 aromatic heterocycles. The second-order valence-corrected chi connectivity index (χ2v) is 5.91. The lowest BCUT2D eigenvalue weighted by Gasteiger charge is -2.13. The van der Waals surface area contributed by atoms with Crippen molar-refractivity contribution >= 4 is 5.78 Å². The van der Waals surface area contributed by atoms with E-state index in [0.29, 0.717) is 12.2 Å². The Morgan fingerprint density at radius 3 is 2.72 bits per heavy atom. The number of hydrogen-bond donors (Lipinski definition) is 0. The summed E-state index contributed by atoms with van der Waals surface area (Å²) >= 11 is 0. The monoisotopic (exact) mass is 248 g/mol. The highest BCUT2D eigenvalue weighted by atomic mass is 16.1. The molecule has 1 nitrogen and oxygen atoms in total. The van der Waals surface area contributed by atoms with E-state index < -0.39 is 0 Å². The van der Waals surface area contributed by atoms with Crippen LogP contribution >= 0.6 is 0 Å². The molecule has 0 heterocycles. The SMILES string of the molecule is CC(=O)C/C1=C\CC/C(C)=C\CCC(C)CCC1. The highest BCUT2D eigenvalue weighted by Crippen LogP contribution is 2.21. The van der Waals surface area contributed by atoms with Crippen molar-refractivity contribution in [1.82, 2.24) is 0 Å². The second kappa shape index (κ2) is 8.29. The second-order valence-electron chi connectivity index (χ2n) is 5.91. The van der Waals surface area contributed by atoms with Crippen LogP contribution in [0.1, 0.15) is 72.1 Å². The van der Waals surface area contributed by atoms with Crippen LogP contribution in [-0.4, -0.2) is 5.78 Å². The van der Waals surface area contributed by atoms with Gasteiger partial charge in [-0.1, -0.05) is 36.6 Å². The third-order valence-electron chi connectivity index (χ3n) is 3.79. The highest BCUT2D eigenvalue weighted by molar-refractivity contribution is 5.78. The summed E-state index contributed by atoms with van der Waals surface area (Å²) in [6.45, 7) is 6.28. The van der Waals surface area contributed by atoms with Gasteiger partial charge < -0.3 is 0 Å². The minimum absolute atomic E-state index is 0.300. The molecule has 1 unspecified atom stereocenters. The van der Waals surface area contributed by atoms with Crippen LogP contribution in [0.4, 0.5) is 0 Å². The predicted octanol–water partition coefficient (Wildman–Crippen LogP) is 5.22. The van der Waals surface area contributed by atoms with Crippen LogP contribution in [0.25, 0.3) is 0 Å². The maximum Gasteiger partial charge on any atom is 0.133 e. The van der Waals surface area contributed by atoms with Crippen molar-refractivity contribution in [3.05, 3.63) is 23.3 Å². The van der Waals surface area contributed by atoms with Gasteiger partial charge >= 0.3 is 0 Å². The fourth-order valence-corrected chi connectivity index (χ4v) is 2.62. The molecular formula is C17H28O. The molecule has 0 fully saturated rings. The van der Waals surface area contributed by atoms with Crippen LogP contribution in [0.2, 0.25) is 0 Å². The zero-order chi connectivity index (χ0) is 13.4. The van der Waals surface area contributed by atoms with Gasteiger partial charge in [-0.05, 0) is 58.3 Å². The number of Topliss-reactive ketones (excluding diaryl/α,β-unsaturated/α-hetero) is 1. The Labute approximate surface area is 112 Å². The van der Waals surface area contributed by atoms with Crippen LogP contribution in [-0.2, 0) is 4.79 Å². The largest absolute Gasteiger partial charge is 0.300 e. The summed E-state index contributed by atoms with van der Waals surface area (Å²) in [7, 11) is 0. The van der Waals surface area contributed by atoms with Gasteiger partial charge in [0.25, 0.3) is 0 Å². The summed E-state index contributed by atoms with van der Waals surface area (Å²) in [6.07, 6.45) is 13.8. The number of allylic oxidation sites excluding steroid dienone is 4. The van der Waals surface area contributed by atoms with Crippen molar-refractivity contribution in [2.75, 3.05) is 0 Å². The third kappa shape index (κ3) is 6.78. The molecule has 1 atom stereocenters. The van der Waals surface area contributed by atoms with Crippen molar-refractivity contribution in [2.45, 2.75) is 72.1 Å². The minimum Gasteiger partial charge on any atom is -0.300 e. The van der Waals surface area contributed by atoms with E-state index in [1.54, 1.807) is 6.92 Å². The van der Waals surface area contributed by atoms with Gasteiger partial charge in [0.2, 0.25) is 0 Å². The van der Waals surface area contributed by atoms with Gasteiger partial charge in [-0.2, -0.15) is 0 Å². The average molecular weight is 248 g/mol. The zero-order valence-electron chi connectivity index (χ0n) is 12.3. The van der Waals surface area contributed by atoms with Gasteiger partial charge in [0.1, 0.15) is 5.78 Å². The van der Waals surface area contributed by atoms with Gasteiger partial charge in [0.15, 0.2) is 0 Å². The molecule has 0 saturated carbocycles. The third-order valence-corrected chi connectivity index (χ3v) is 3.79. The van der Waals surface area contributed by atoms with Gasteiger partial charge in [-0.3, -0.25) is 4.79 Å². The van der Waals surface area contributed by atoms with E-state index in [-0.39, 0.29) is 0 Å². The van der Waals surface area contributed by atoms with Gasteiger partial charge in [-0.15, -0.1) is 0 Å². The molecule has 102 valence electrons. The van der Waals surface area contributed by atoms with Crippen molar-refractivity contribution in [3.63, 3.8) is 0 Å². The summed E-state index contributed by atoms with van der Waals surface area (Å²) < 4.78 is 0. The standard InChI is InChI=1S/C17H28O/c1-14-7-4-8-15(2)10-6-12-17(11-5-9-14)13-16(3)18/h7,11,15H,4-6,8-10,12-13H2,1-3H3/b14-7-,17-11-. The zero-order valence-corrected chi connectivity index (χ0v) is 12.3. The van der Waals surface area contributed by atoms with Gasteiger partial charge in [-0.25, -0.2) is 0 Å². The molecule has 0 radical (unpaired) electrons. The van der Waals surface area contributed by atoms with Crippen LogP contribution in [0.3, 0.4) is 0 Å². The van der Waals surface area contributed by atoms with Gasteiger partial charge in [0, 0.05) is 6.42 Å². The Bertz CT molecular complexity index is 323. The molecular weight excluding hydrogens is 220 g/mol. The van der Waals surface area contributed by atoms with E-state index in [0.717, 1.165) is 25.2 Å². The number of ketones is 1. The maximum absolute atomic E-state index is 11.3. The number of carbonyl (C=O) groups is 1. The molecule has 0 N–H and O–H groups in total. The maximum atomic E-state index is 11.3. The molecule has 0 saturated heterocycles. The van der Waals surface area contributed by atoms with E-state index in [9.17, 15) is 4.79 Å². The Balaban J connectivity index is 2.62. The topological polar surface area (TPSA) is 17.1 Å². The van der Waals surface area contributed by atoms with Gasteiger partial charge in [0.05, 0.1) is 0 Å². The van der Waals surface area contributed by atoms with Crippen LogP contribution in [0.5, 0.6) is 0 Å². The molecule has 1 aliphatic rings. The van der Waals surface area contributed by atoms with E-state index in [1.165, 1.54) is 36.8 Å². The van der Waals surface area contributed by atoms with E-state index in [1.807, 2.05) is 0 Å². The Hall–Kier alpha value is -0.850. The smallest absolute Gasteiger partial charge is 0.133 e. The lowest BCUT2D eigenvalue weighted by molar-refractivity contribution is -0.116. The normalized spacial score (nSPS) is 29.2. The molecule has 1 rings (SSSR count). The molecule has 0 aliphatic heterocycles. The fourth-order valence-electron chi connectivity index (χ4n) is 2.62. The first-order valence-corrected chi connectivity index (χ1v) is 7.41. The first-order chi connectivity index (χ1) is 8.58. The number of hydrogen-bond acceptors (Lipinski definition) is 1. The van der Waals surface area contributed by atoms with Crippen molar-refractivity contribution in [1.29, 1.82) is 0 Å². The molecule has 1 aliphatic carbocycles. The summed E-state index contributed by atoms with van der Waals surface area (Å²) in [5.41, 5.74) is 2.87. The highest BCUT2D eigenvalue weighted by Gasteiger charge is 2.06. The predicted molar refractivity (Wildman–Crippen MR) is 78.6 cm³/mol. The fraction of sp³-hybridized carbons (Fsp3) is 0.706. The molecule has 0 aromatic carbocycles. The Kier molecular flexibility index (Phi) is 7.00. The molecule has 0 aromatic rings. The minimum atomic E-state index is 0.300. The summed E-state index contributed by atoms with van der Waals surface area (Å²) in [6, 6.07) is 0. The lowest BCUT2D eigenvalue weighted by atomic mass is 9.93. The molecule has 0 bridgehead atoms. The molecule has 1 heteroatoms. The number of rotatable bonds is 2. The lowest BCUT2D eigenvalue weighted by Crippen LogP contribution is -1.99. The summed E-state index contributed by atoms with van der Waals surface area (Å²) in [4.78, 5) is 11.3. The molecule has 0 spiro atoms. The molecule has 18 heavy (non-hydrogen) atoms. The van der Waals surface area contributed by atoms with Crippen molar-refractivity contribution in [3.8, 4) is 0 Å². The van der Waals surface area contributed by atoms with Crippen molar-refractivity contribution < 1.29 is 4.79 Å². The summed E-state index contributed by atoms with van der Waals surface area (Å²) in [5, 5.41) is 0. The summed E-state index contributed by atoms with van der Waals surface area (Å²) in [5.74, 6) is 1.11. The van der Waals surface area contributed by atoms with Crippen LogP contribution in [0, 0.1) is 5.92 Å². The number of carbonyl (C=O) groups excluding carboxylic acids is 1. The first-order valence-electron chi connectivity index (χ1n) is 7.41. The average Bonchev–Trinajstić information content (AvgIpc) is 2.26. The quantitative estimate of drug-likeness (QED) is 0.612. The first kappa shape index (κ1) is 15.2. The Morgan fingerprint density at radius 2 is 2.00 bits per heavy atom. The Morgan fingerprint density at radius 1 is 1.22 bits per heavy atom. The van der Waals surface area contributed by atoms with Crippen molar-refractivity contribution in [2.24, 2.45) is 5.92 Å². The molecule has 0 amide bonds. The van der Waals surface area contributed by atoms with Crippen LogP contribution < -0.4 is 0 Å². The van der Waals surface area contributed by atoms with E-state index in [4.69, 9.17) is 0 Å². The van der Waals surface area contributed by atoms with E-state index >= 15 is 0 Å².